The lowest BCUT2D eigenvalue weighted by molar-refractivity contribution is -0.120. The maximum atomic E-state index is 12.4. The summed E-state index contributed by atoms with van der Waals surface area (Å²) in [7, 11) is 0. The predicted octanol–water partition coefficient (Wildman–Crippen LogP) is 4.03. The minimum absolute atomic E-state index is 0.180. The van der Waals surface area contributed by atoms with Crippen molar-refractivity contribution in [3.05, 3.63) is 51.5 Å². The van der Waals surface area contributed by atoms with Crippen molar-refractivity contribution in [2.75, 3.05) is 13.2 Å². The average molecular weight is 375 g/mol. The quantitative estimate of drug-likeness (QED) is 0.815. The zero-order valence-electron chi connectivity index (χ0n) is 15.8. The summed E-state index contributed by atoms with van der Waals surface area (Å²) in [5, 5.41) is 4.66. The number of hydrogen-bond donors (Lipinski definition) is 1. The highest BCUT2D eigenvalue weighted by molar-refractivity contribution is 7.12. The monoisotopic (exact) mass is 375 g/mol. The Kier molecular flexibility index (Phi) is 6.42. The normalized spacial score (nSPS) is 14.9. The summed E-state index contributed by atoms with van der Waals surface area (Å²) in [5.41, 5.74) is 1.70. The Morgan fingerprint density at radius 3 is 2.77 bits per heavy atom. The third-order valence-corrected chi connectivity index (χ3v) is 4.42. The van der Waals surface area contributed by atoms with E-state index in [1.807, 2.05) is 46.8 Å². The Bertz CT molecular complexity index is 778. The summed E-state index contributed by atoms with van der Waals surface area (Å²) in [6, 6.07) is 1.70. The number of hydrogen-bond acceptors (Lipinski definition) is 5. The second-order valence-electron chi connectivity index (χ2n) is 7.06. The third-order valence-electron chi connectivity index (χ3n) is 3.53. The number of carbonyl (C=O) groups is 2. The summed E-state index contributed by atoms with van der Waals surface area (Å²) in [5.74, 6) is 0.214. The molecule has 5 nitrogen and oxygen atoms in total. The fourth-order valence-electron chi connectivity index (χ4n) is 2.29. The van der Waals surface area contributed by atoms with Crippen molar-refractivity contribution in [1.82, 2.24) is 5.32 Å². The van der Waals surface area contributed by atoms with Crippen LogP contribution in [-0.2, 0) is 9.53 Å². The zero-order chi connectivity index (χ0) is 19.3. The molecule has 1 aliphatic rings. The van der Waals surface area contributed by atoms with Crippen LogP contribution in [0.2, 0.25) is 0 Å². The third kappa shape index (κ3) is 5.33. The van der Waals surface area contributed by atoms with Crippen LogP contribution in [0.3, 0.4) is 0 Å². The van der Waals surface area contributed by atoms with E-state index < -0.39 is 0 Å². The molecule has 0 bridgehead atoms. The van der Waals surface area contributed by atoms with Gasteiger partial charge in [-0.1, -0.05) is 12.2 Å². The van der Waals surface area contributed by atoms with Gasteiger partial charge in [-0.3, -0.25) is 9.59 Å². The molecule has 0 saturated heterocycles. The topological polar surface area (TPSA) is 64.6 Å². The van der Waals surface area contributed by atoms with Crippen LogP contribution in [0, 0.1) is 0 Å². The second-order valence-corrected chi connectivity index (χ2v) is 7.98. The van der Waals surface area contributed by atoms with Gasteiger partial charge in [-0.2, -0.15) is 0 Å². The van der Waals surface area contributed by atoms with Crippen LogP contribution in [0.15, 0.2) is 46.6 Å². The Hall–Kier alpha value is -2.34. The van der Waals surface area contributed by atoms with Gasteiger partial charge in [0.1, 0.15) is 17.2 Å². The van der Waals surface area contributed by atoms with Crippen LogP contribution in [0.4, 0.5) is 0 Å². The molecule has 2 rings (SSSR count). The molecule has 0 unspecified atom stereocenters. The summed E-state index contributed by atoms with van der Waals surface area (Å²) in [4.78, 5) is 25.2. The zero-order valence-corrected chi connectivity index (χ0v) is 16.7. The SMILES string of the molecule is C/C=C\C1=C(C)COC(C(=O)COc2ccsc2C(=O)NC(C)(C)C)=C1. The Labute approximate surface area is 158 Å². The largest absolute Gasteiger partial charge is 0.485 e. The van der Waals surface area contributed by atoms with E-state index in [1.54, 1.807) is 17.5 Å². The van der Waals surface area contributed by atoms with Gasteiger partial charge in [0.25, 0.3) is 5.91 Å². The van der Waals surface area contributed by atoms with Gasteiger partial charge < -0.3 is 14.8 Å². The molecular formula is C20H25NO4S. The molecule has 1 aromatic heterocycles. The molecule has 140 valence electrons. The molecule has 1 amide bonds. The van der Waals surface area contributed by atoms with Crippen LogP contribution < -0.4 is 10.1 Å². The van der Waals surface area contributed by atoms with Crippen molar-refractivity contribution in [3.8, 4) is 5.75 Å². The van der Waals surface area contributed by atoms with Crippen molar-refractivity contribution in [2.45, 2.75) is 40.2 Å². The van der Waals surface area contributed by atoms with Crippen molar-refractivity contribution < 1.29 is 19.1 Å². The Morgan fingerprint density at radius 1 is 1.38 bits per heavy atom. The van der Waals surface area contributed by atoms with E-state index in [4.69, 9.17) is 9.47 Å². The molecular weight excluding hydrogens is 350 g/mol. The summed E-state index contributed by atoms with van der Waals surface area (Å²) in [6.45, 7) is 9.83. The van der Waals surface area contributed by atoms with Crippen molar-refractivity contribution in [1.29, 1.82) is 0 Å². The summed E-state index contributed by atoms with van der Waals surface area (Å²) < 4.78 is 11.1. The number of ketones is 1. The smallest absolute Gasteiger partial charge is 0.265 e. The van der Waals surface area contributed by atoms with E-state index in [0.29, 0.717) is 17.2 Å². The van der Waals surface area contributed by atoms with E-state index in [1.165, 1.54) is 11.3 Å². The Balaban J connectivity index is 2.04. The van der Waals surface area contributed by atoms with Crippen molar-refractivity contribution in [3.63, 3.8) is 0 Å². The first-order valence-electron chi connectivity index (χ1n) is 8.44. The molecule has 0 aliphatic carbocycles. The van der Waals surface area contributed by atoms with Gasteiger partial charge in [0, 0.05) is 5.54 Å². The average Bonchev–Trinajstić information content (AvgIpc) is 3.02. The van der Waals surface area contributed by atoms with Gasteiger partial charge in [-0.05, 0) is 63.3 Å². The van der Waals surface area contributed by atoms with Crippen molar-refractivity contribution in [2.24, 2.45) is 0 Å². The number of allylic oxidation sites excluding steroid dienone is 4. The van der Waals surface area contributed by atoms with E-state index in [2.05, 4.69) is 5.32 Å². The van der Waals surface area contributed by atoms with Crippen LogP contribution in [0.25, 0.3) is 0 Å². The molecule has 0 aromatic carbocycles. The highest BCUT2D eigenvalue weighted by atomic mass is 32.1. The van der Waals surface area contributed by atoms with Gasteiger partial charge in [-0.25, -0.2) is 0 Å². The van der Waals surface area contributed by atoms with Crippen LogP contribution in [-0.4, -0.2) is 30.4 Å². The fraction of sp³-hybridized carbons (Fsp3) is 0.400. The number of ether oxygens (including phenoxy) is 2. The van der Waals surface area contributed by atoms with Gasteiger partial charge in [0.2, 0.25) is 5.78 Å². The minimum atomic E-state index is -0.345. The highest BCUT2D eigenvalue weighted by Crippen LogP contribution is 2.26. The molecule has 1 aromatic rings. The molecule has 0 fully saturated rings. The lowest BCUT2D eigenvalue weighted by atomic mass is 10.1. The second kappa shape index (κ2) is 8.36. The molecule has 26 heavy (non-hydrogen) atoms. The summed E-state index contributed by atoms with van der Waals surface area (Å²) >= 11 is 1.28. The molecule has 1 N–H and O–H groups in total. The molecule has 1 aliphatic heterocycles. The fourth-order valence-corrected chi connectivity index (χ4v) is 3.02. The molecule has 0 spiro atoms. The number of Topliss-reactive ketones (excluding diaryl/α,β-unsaturated/α-hetero) is 1. The number of rotatable bonds is 6. The Morgan fingerprint density at radius 2 is 2.12 bits per heavy atom. The van der Waals surface area contributed by atoms with Gasteiger partial charge in [0.05, 0.1) is 0 Å². The van der Waals surface area contributed by atoms with Crippen LogP contribution in [0.1, 0.15) is 44.3 Å². The van der Waals surface area contributed by atoms with E-state index in [9.17, 15) is 9.59 Å². The standard InChI is InChI=1S/C20H25NO4S/c1-6-7-14-10-17(24-11-13(14)2)15(22)12-25-16-8-9-26-18(16)19(23)21-20(3,4)5/h6-10H,11-12H2,1-5H3,(H,21,23)/b7-6-. The number of amides is 1. The maximum Gasteiger partial charge on any atom is 0.265 e. The first-order chi connectivity index (χ1) is 12.2. The van der Waals surface area contributed by atoms with Gasteiger partial charge in [-0.15, -0.1) is 11.3 Å². The van der Waals surface area contributed by atoms with Crippen molar-refractivity contribution >= 4 is 23.0 Å². The van der Waals surface area contributed by atoms with E-state index in [0.717, 1.165) is 11.1 Å². The molecule has 6 heteroatoms. The van der Waals surface area contributed by atoms with E-state index >= 15 is 0 Å². The number of thiophene rings is 1. The lowest BCUT2D eigenvalue weighted by Gasteiger charge is -2.20. The predicted molar refractivity (Wildman–Crippen MR) is 104 cm³/mol. The lowest BCUT2D eigenvalue weighted by Crippen LogP contribution is -2.40. The van der Waals surface area contributed by atoms with E-state index in [-0.39, 0.29) is 29.6 Å². The molecule has 0 radical (unpaired) electrons. The summed E-state index contributed by atoms with van der Waals surface area (Å²) in [6.07, 6.45) is 5.59. The molecule has 0 saturated carbocycles. The van der Waals surface area contributed by atoms with Gasteiger partial charge >= 0.3 is 0 Å². The molecule has 2 heterocycles. The van der Waals surface area contributed by atoms with Gasteiger partial charge in [0.15, 0.2) is 12.4 Å². The number of carbonyl (C=O) groups excluding carboxylic acids is 2. The minimum Gasteiger partial charge on any atom is -0.485 e. The molecule has 0 atom stereocenters. The van der Waals surface area contributed by atoms with Crippen LogP contribution >= 0.6 is 11.3 Å². The number of nitrogens with one attached hydrogen (secondary N) is 1. The first-order valence-corrected chi connectivity index (χ1v) is 9.32. The highest BCUT2D eigenvalue weighted by Gasteiger charge is 2.22. The first kappa shape index (κ1) is 20.0. The van der Waals surface area contributed by atoms with Crippen LogP contribution in [0.5, 0.6) is 5.75 Å². The maximum absolute atomic E-state index is 12.4.